The van der Waals surface area contributed by atoms with Crippen LogP contribution in [0.2, 0.25) is 0 Å². The second kappa shape index (κ2) is 5.92. The lowest BCUT2D eigenvalue weighted by molar-refractivity contribution is 0.0526. The van der Waals surface area contributed by atoms with Crippen LogP contribution in [0, 0.1) is 0 Å². The van der Waals surface area contributed by atoms with Gasteiger partial charge in [0.25, 0.3) is 0 Å². The largest absolute Gasteiger partial charge is 0.462 e. The molecule has 3 rings (SSSR count). The molecule has 122 valence electrons. The van der Waals surface area contributed by atoms with Crippen LogP contribution < -0.4 is 5.32 Å². The van der Waals surface area contributed by atoms with Gasteiger partial charge in [-0.1, -0.05) is 24.3 Å². The predicted molar refractivity (Wildman–Crippen MR) is 89.5 cm³/mol. The number of nitrogens with one attached hydrogen (secondary N) is 1. The number of hydrogen-bond donors (Lipinski definition) is 1. The molecule has 0 saturated heterocycles. The molecule has 5 nitrogen and oxygen atoms in total. The highest BCUT2D eigenvalue weighted by Crippen LogP contribution is 2.32. The van der Waals surface area contributed by atoms with Crippen LogP contribution in [0.25, 0.3) is 0 Å². The van der Waals surface area contributed by atoms with Crippen molar-refractivity contribution in [2.75, 3.05) is 11.9 Å². The number of benzene rings is 2. The van der Waals surface area contributed by atoms with Crippen molar-refractivity contribution in [2.45, 2.75) is 19.4 Å². The van der Waals surface area contributed by atoms with E-state index in [0.717, 1.165) is 0 Å². The van der Waals surface area contributed by atoms with E-state index in [4.69, 9.17) is 4.74 Å². The molecule has 2 aromatic rings. The molecule has 0 aliphatic heterocycles. The summed E-state index contributed by atoms with van der Waals surface area (Å²) in [5, 5.41) is 3.01. The van der Waals surface area contributed by atoms with Crippen molar-refractivity contribution < 1.29 is 19.1 Å². The molecule has 0 atom stereocenters. The zero-order valence-corrected chi connectivity index (χ0v) is 13.5. The SMILES string of the molecule is CCOC(=O)c1ccc(NC2(C)C(=O)c3ccccc3C2=O)cc1. The van der Waals surface area contributed by atoms with Crippen molar-refractivity contribution in [2.24, 2.45) is 0 Å². The predicted octanol–water partition coefficient (Wildman–Crippen LogP) is 3.11. The summed E-state index contributed by atoms with van der Waals surface area (Å²) >= 11 is 0. The molecule has 0 saturated carbocycles. The summed E-state index contributed by atoms with van der Waals surface area (Å²) in [6.45, 7) is 3.62. The summed E-state index contributed by atoms with van der Waals surface area (Å²) in [7, 11) is 0. The summed E-state index contributed by atoms with van der Waals surface area (Å²) in [4.78, 5) is 36.9. The van der Waals surface area contributed by atoms with Crippen molar-refractivity contribution in [3.63, 3.8) is 0 Å². The molecule has 1 N–H and O–H groups in total. The van der Waals surface area contributed by atoms with Crippen molar-refractivity contribution in [1.29, 1.82) is 0 Å². The van der Waals surface area contributed by atoms with E-state index in [-0.39, 0.29) is 11.6 Å². The number of rotatable bonds is 4. The summed E-state index contributed by atoms with van der Waals surface area (Å²) < 4.78 is 4.93. The lowest BCUT2D eigenvalue weighted by atomic mass is 9.95. The van der Waals surface area contributed by atoms with Gasteiger partial charge < -0.3 is 10.1 Å². The molecule has 0 bridgehead atoms. The Labute approximate surface area is 139 Å². The normalized spacial score (nSPS) is 15.1. The van der Waals surface area contributed by atoms with Gasteiger partial charge in [-0.25, -0.2) is 4.79 Å². The number of carbonyl (C=O) groups excluding carboxylic acids is 3. The summed E-state index contributed by atoms with van der Waals surface area (Å²) in [5.74, 6) is -0.911. The van der Waals surface area contributed by atoms with Crippen molar-refractivity contribution in [3.05, 3.63) is 65.2 Å². The van der Waals surface area contributed by atoms with Gasteiger partial charge in [0.05, 0.1) is 12.2 Å². The number of esters is 1. The first kappa shape index (κ1) is 15.9. The molecule has 0 heterocycles. The third-order valence-corrected chi connectivity index (χ3v) is 4.11. The monoisotopic (exact) mass is 323 g/mol. The molecule has 2 aromatic carbocycles. The zero-order valence-electron chi connectivity index (χ0n) is 13.5. The molecule has 0 spiro atoms. The number of hydrogen-bond acceptors (Lipinski definition) is 5. The lowest BCUT2D eigenvalue weighted by Crippen LogP contribution is -2.45. The molecule has 0 amide bonds. The number of fused-ring (bicyclic) bond motifs is 1. The first-order chi connectivity index (χ1) is 11.5. The Kier molecular flexibility index (Phi) is 3.93. The molecule has 24 heavy (non-hydrogen) atoms. The molecule has 5 heteroatoms. The van der Waals surface area contributed by atoms with Crippen molar-refractivity contribution >= 4 is 23.2 Å². The molecule has 0 aromatic heterocycles. The molecule has 0 fully saturated rings. The second-order valence-electron chi connectivity index (χ2n) is 5.75. The van der Waals surface area contributed by atoms with E-state index in [2.05, 4.69) is 5.32 Å². The summed E-state index contributed by atoms with van der Waals surface area (Å²) in [5.41, 5.74) is 0.524. The minimum Gasteiger partial charge on any atom is -0.462 e. The molecule has 1 aliphatic rings. The minimum absolute atomic E-state index is 0.252. The fourth-order valence-corrected chi connectivity index (χ4v) is 2.83. The average molecular weight is 323 g/mol. The van der Waals surface area contributed by atoms with Crippen LogP contribution in [-0.4, -0.2) is 29.7 Å². The summed E-state index contributed by atoms with van der Waals surface area (Å²) in [6.07, 6.45) is 0. The molecule has 0 radical (unpaired) electrons. The highest BCUT2D eigenvalue weighted by Gasteiger charge is 2.49. The Morgan fingerprint density at radius 2 is 1.54 bits per heavy atom. The molecule has 0 unspecified atom stereocenters. The van der Waals surface area contributed by atoms with Crippen LogP contribution in [0.1, 0.15) is 44.9 Å². The maximum atomic E-state index is 12.6. The quantitative estimate of drug-likeness (QED) is 0.691. The topological polar surface area (TPSA) is 72.5 Å². The lowest BCUT2D eigenvalue weighted by Gasteiger charge is -2.23. The van der Waals surface area contributed by atoms with Crippen LogP contribution in [0.4, 0.5) is 5.69 Å². The van der Waals surface area contributed by atoms with E-state index in [9.17, 15) is 14.4 Å². The van der Waals surface area contributed by atoms with Gasteiger partial charge in [-0.05, 0) is 38.1 Å². The van der Waals surface area contributed by atoms with Gasteiger partial charge in [0.1, 0.15) is 0 Å². The van der Waals surface area contributed by atoms with Crippen molar-refractivity contribution in [1.82, 2.24) is 0 Å². The van der Waals surface area contributed by atoms with Crippen LogP contribution >= 0.6 is 0 Å². The van der Waals surface area contributed by atoms with Gasteiger partial charge in [-0.2, -0.15) is 0 Å². The number of carbonyl (C=O) groups is 3. The van der Waals surface area contributed by atoms with E-state index in [1.807, 2.05) is 0 Å². The van der Waals surface area contributed by atoms with Crippen LogP contribution in [-0.2, 0) is 4.74 Å². The molecular weight excluding hydrogens is 306 g/mol. The molecule has 1 aliphatic carbocycles. The third-order valence-electron chi connectivity index (χ3n) is 4.11. The summed E-state index contributed by atoms with van der Waals surface area (Å²) in [6, 6.07) is 13.3. The highest BCUT2D eigenvalue weighted by atomic mass is 16.5. The number of Topliss-reactive ketones (excluding diaryl/α,β-unsaturated/α-hetero) is 2. The van der Waals surface area contributed by atoms with E-state index < -0.39 is 11.5 Å². The maximum Gasteiger partial charge on any atom is 0.338 e. The van der Waals surface area contributed by atoms with E-state index >= 15 is 0 Å². The van der Waals surface area contributed by atoms with Crippen molar-refractivity contribution in [3.8, 4) is 0 Å². The average Bonchev–Trinajstić information content (AvgIpc) is 2.78. The van der Waals surface area contributed by atoms with Crippen LogP contribution in [0.15, 0.2) is 48.5 Å². The van der Waals surface area contributed by atoms with E-state index in [1.165, 1.54) is 0 Å². The fraction of sp³-hybridized carbons (Fsp3) is 0.211. The number of ether oxygens (including phenoxy) is 1. The Hall–Kier alpha value is -2.95. The Morgan fingerprint density at radius 3 is 2.04 bits per heavy atom. The van der Waals surface area contributed by atoms with Gasteiger partial charge in [-0.15, -0.1) is 0 Å². The van der Waals surface area contributed by atoms with E-state index in [1.54, 1.807) is 62.4 Å². The van der Waals surface area contributed by atoms with Gasteiger partial charge in [0.15, 0.2) is 17.1 Å². The standard InChI is InChI=1S/C19H17NO4/c1-3-24-18(23)12-8-10-13(11-9-12)20-19(2)16(21)14-6-4-5-7-15(14)17(19)22/h4-11,20H,3H2,1-2H3. The van der Waals surface area contributed by atoms with Gasteiger partial charge in [0, 0.05) is 16.8 Å². The van der Waals surface area contributed by atoms with Gasteiger partial charge >= 0.3 is 5.97 Å². The van der Waals surface area contributed by atoms with E-state index in [0.29, 0.717) is 29.0 Å². The van der Waals surface area contributed by atoms with Gasteiger partial charge in [0.2, 0.25) is 0 Å². The second-order valence-corrected chi connectivity index (χ2v) is 5.75. The van der Waals surface area contributed by atoms with Gasteiger partial charge in [-0.3, -0.25) is 9.59 Å². The third kappa shape index (κ3) is 2.48. The number of anilines is 1. The molecular formula is C19H17NO4. The smallest absolute Gasteiger partial charge is 0.338 e. The fourth-order valence-electron chi connectivity index (χ4n) is 2.83. The maximum absolute atomic E-state index is 12.6. The first-order valence-electron chi connectivity index (χ1n) is 7.71. The Morgan fingerprint density at radius 1 is 1.00 bits per heavy atom. The van der Waals surface area contributed by atoms with Crippen LogP contribution in [0.3, 0.4) is 0 Å². The first-order valence-corrected chi connectivity index (χ1v) is 7.71. The number of ketones is 2. The Balaban J connectivity index is 1.85. The van der Waals surface area contributed by atoms with Crippen LogP contribution in [0.5, 0.6) is 0 Å². The minimum atomic E-state index is -1.34. The Bertz CT molecular complexity index is 789. The highest BCUT2D eigenvalue weighted by molar-refractivity contribution is 6.34. The zero-order chi connectivity index (χ0) is 17.3.